The van der Waals surface area contributed by atoms with E-state index in [2.05, 4.69) is 27.7 Å². The van der Waals surface area contributed by atoms with Crippen molar-refractivity contribution in [3.63, 3.8) is 0 Å². The molecule has 9 heavy (non-hydrogen) atoms. The van der Waals surface area contributed by atoms with Gasteiger partial charge in [-0.15, -0.1) is 0 Å². The van der Waals surface area contributed by atoms with E-state index in [-0.39, 0.29) is 9.52 Å². The fourth-order valence-electron chi connectivity index (χ4n) is 0.822. The van der Waals surface area contributed by atoms with Crippen molar-refractivity contribution in [1.82, 2.24) is 0 Å². The summed E-state index contributed by atoms with van der Waals surface area (Å²) in [6.45, 7) is 9.37. The lowest BCUT2D eigenvalue weighted by molar-refractivity contribution is 0.619. The number of hydrogen-bond acceptors (Lipinski definition) is 0. The van der Waals surface area contributed by atoms with Crippen molar-refractivity contribution in [2.75, 3.05) is 0 Å². The highest BCUT2D eigenvalue weighted by Crippen LogP contribution is 2.10. The topological polar surface area (TPSA) is 0 Å². The quantitative estimate of drug-likeness (QED) is 0.532. The van der Waals surface area contributed by atoms with E-state index < -0.39 is 0 Å². The molecule has 1 unspecified atom stereocenters. The van der Waals surface area contributed by atoms with Crippen molar-refractivity contribution in [1.29, 1.82) is 0 Å². The molecule has 0 saturated carbocycles. The summed E-state index contributed by atoms with van der Waals surface area (Å²) < 4.78 is 0. The predicted octanol–water partition coefficient (Wildman–Crippen LogP) is 2.45. The Labute approximate surface area is 61.9 Å². The van der Waals surface area contributed by atoms with E-state index in [0.29, 0.717) is 0 Å². The summed E-state index contributed by atoms with van der Waals surface area (Å²) >= 11 is 0. The molecule has 0 aliphatic carbocycles. The summed E-state index contributed by atoms with van der Waals surface area (Å²) in [6, 6.07) is 1.55. The van der Waals surface area contributed by atoms with Crippen LogP contribution >= 0.6 is 0 Å². The van der Waals surface area contributed by atoms with Gasteiger partial charge in [0.2, 0.25) is 0 Å². The minimum absolute atomic E-state index is 0.288. The summed E-state index contributed by atoms with van der Waals surface area (Å²) in [5.41, 5.74) is 1.03. The van der Waals surface area contributed by atoms with Crippen LogP contribution in [0.3, 0.4) is 0 Å². The third kappa shape index (κ3) is 6.10. The van der Waals surface area contributed by atoms with Gasteiger partial charge in [-0.05, 0) is 5.92 Å². The zero-order chi connectivity index (χ0) is 7.28. The van der Waals surface area contributed by atoms with Gasteiger partial charge in [-0.3, -0.25) is 0 Å². The maximum absolute atomic E-state index is 2.37. The molecular weight excluding hydrogens is 124 g/mol. The van der Waals surface area contributed by atoms with E-state index in [4.69, 9.17) is 0 Å². The smallest absolute Gasteiger partial charge is 0.0227 e. The zero-order valence-electron chi connectivity index (χ0n) is 7.28. The first-order chi connectivity index (χ1) is 4.16. The molecule has 0 spiro atoms. The lowest BCUT2D eigenvalue weighted by atomic mass is 10.2. The van der Waals surface area contributed by atoms with Crippen LogP contribution in [0.4, 0.5) is 0 Å². The first kappa shape index (κ1) is 9.22. The molecule has 0 rings (SSSR count). The second-order valence-electron chi connectivity index (χ2n) is 3.48. The van der Waals surface area contributed by atoms with Crippen molar-refractivity contribution in [3.8, 4) is 0 Å². The van der Waals surface area contributed by atoms with E-state index >= 15 is 0 Å². The maximum Gasteiger partial charge on any atom is 0.0227 e. The molecule has 1 heteroatoms. The van der Waals surface area contributed by atoms with Gasteiger partial charge in [0.25, 0.3) is 0 Å². The van der Waals surface area contributed by atoms with Crippen LogP contribution in [0.5, 0.6) is 0 Å². The van der Waals surface area contributed by atoms with E-state index in [1.54, 1.807) is 6.04 Å². The molecule has 0 bridgehead atoms. The van der Waals surface area contributed by atoms with Gasteiger partial charge in [0.05, 0.1) is 0 Å². The first-order valence-electron chi connectivity index (χ1n) is 4.16. The Kier molecular flexibility index (Phi) is 5.16. The van der Waals surface area contributed by atoms with E-state index in [9.17, 15) is 0 Å². The van der Waals surface area contributed by atoms with Crippen LogP contribution in [0.15, 0.2) is 0 Å². The van der Waals surface area contributed by atoms with Crippen molar-refractivity contribution in [2.24, 2.45) is 5.92 Å². The Bertz CT molecular complexity index is 59.6. The normalized spacial score (nSPS) is 15.7. The van der Waals surface area contributed by atoms with E-state index in [1.807, 2.05) is 0 Å². The molecule has 0 aliphatic heterocycles. The summed E-state index contributed by atoms with van der Waals surface area (Å²) in [5, 5.41) is 0. The van der Waals surface area contributed by atoms with Crippen molar-refractivity contribution in [3.05, 3.63) is 0 Å². The van der Waals surface area contributed by atoms with Crippen LogP contribution in [-0.4, -0.2) is 9.52 Å². The summed E-state index contributed by atoms with van der Waals surface area (Å²) in [6.07, 6.45) is 1.37. The van der Waals surface area contributed by atoms with Crippen molar-refractivity contribution >= 4 is 9.52 Å². The standard InChI is InChI=1S/C8H20Si/c1-5-8(4)6-9-7(2)3/h7-8H,5-6,9H2,1-4H3. The highest BCUT2D eigenvalue weighted by molar-refractivity contribution is 6.37. The summed E-state index contributed by atoms with van der Waals surface area (Å²) in [5.74, 6) is 0.999. The Morgan fingerprint density at radius 3 is 2.11 bits per heavy atom. The third-order valence-electron chi connectivity index (χ3n) is 1.93. The average Bonchev–Trinajstić information content (AvgIpc) is 1.83. The van der Waals surface area contributed by atoms with E-state index in [0.717, 1.165) is 11.5 Å². The lowest BCUT2D eigenvalue weighted by Crippen LogP contribution is -2.01. The van der Waals surface area contributed by atoms with Gasteiger partial charge in [-0.1, -0.05) is 45.7 Å². The Morgan fingerprint density at radius 1 is 1.22 bits per heavy atom. The van der Waals surface area contributed by atoms with Gasteiger partial charge < -0.3 is 0 Å². The van der Waals surface area contributed by atoms with Crippen LogP contribution in [0.25, 0.3) is 0 Å². The van der Waals surface area contributed by atoms with Crippen LogP contribution in [0.1, 0.15) is 34.1 Å². The van der Waals surface area contributed by atoms with E-state index in [1.165, 1.54) is 6.42 Å². The van der Waals surface area contributed by atoms with Crippen molar-refractivity contribution < 1.29 is 0 Å². The maximum atomic E-state index is 2.37. The monoisotopic (exact) mass is 144 g/mol. The molecule has 0 aromatic carbocycles. The van der Waals surface area contributed by atoms with Gasteiger partial charge in [0.15, 0.2) is 0 Å². The van der Waals surface area contributed by atoms with Gasteiger partial charge in [0, 0.05) is 9.52 Å². The molecule has 0 aromatic heterocycles. The minimum Gasteiger partial charge on any atom is -0.0657 e. The molecule has 0 aliphatic rings. The fourth-order valence-corrected chi connectivity index (χ4v) is 2.47. The molecule has 0 heterocycles. The molecule has 56 valence electrons. The Morgan fingerprint density at radius 2 is 1.78 bits per heavy atom. The van der Waals surface area contributed by atoms with Gasteiger partial charge >= 0.3 is 0 Å². The molecule has 0 fully saturated rings. The molecule has 0 amide bonds. The Hall–Kier alpha value is 0.217. The molecule has 1 atom stereocenters. The molecular formula is C8H20Si. The van der Waals surface area contributed by atoms with Crippen LogP contribution in [-0.2, 0) is 0 Å². The van der Waals surface area contributed by atoms with Crippen LogP contribution in [0, 0.1) is 5.92 Å². The van der Waals surface area contributed by atoms with Gasteiger partial charge in [-0.25, -0.2) is 0 Å². The summed E-state index contributed by atoms with van der Waals surface area (Å²) in [7, 11) is 0.288. The molecule has 0 aromatic rings. The van der Waals surface area contributed by atoms with Crippen molar-refractivity contribution in [2.45, 2.75) is 45.7 Å². The van der Waals surface area contributed by atoms with Gasteiger partial charge in [-0.2, -0.15) is 0 Å². The van der Waals surface area contributed by atoms with Crippen LogP contribution < -0.4 is 0 Å². The third-order valence-corrected chi connectivity index (χ3v) is 4.41. The zero-order valence-corrected chi connectivity index (χ0v) is 8.69. The molecule has 0 saturated heterocycles. The second-order valence-corrected chi connectivity index (χ2v) is 6.27. The predicted molar refractivity (Wildman–Crippen MR) is 47.9 cm³/mol. The van der Waals surface area contributed by atoms with Crippen LogP contribution in [0.2, 0.25) is 11.6 Å². The largest absolute Gasteiger partial charge is 0.0657 e. The SMILES string of the molecule is CCC(C)C[SiH2]C(C)C. The minimum atomic E-state index is 0.288. The molecule has 0 N–H and O–H groups in total. The number of rotatable bonds is 4. The molecule has 0 nitrogen and oxygen atoms in total. The highest BCUT2D eigenvalue weighted by Gasteiger charge is 2.00. The second kappa shape index (κ2) is 5.04. The number of hydrogen-bond donors (Lipinski definition) is 0. The first-order valence-corrected chi connectivity index (χ1v) is 5.98. The fraction of sp³-hybridized carbons (Fsp3) is 1.00. The average molecular weight is 144 g/mol. The molecule has 0 radical (unpaired) electrons. The highest BCUT2D eigenvalue weighted by atomic mass is 28.2. The summed E-state index contributed by atoms with van der Waals surface area (Å²) in [4.78, 5) is 0. The Balaban J connectivity index is 3.06. The lowest BCUT2D eigenvalue weighted by Gasteiger charge is -2.08. The van der Waals surface area contributed by atoms with Gasteiger partial charge in [0.1, 0.15) is 0 Å².